The Morgan fingerprint density at radius 1 is 0.885 bits per heavy atom. The van der Waals surface area contributed by atoms with E-state index in [2.05, 4.69) is 40.2 Å². The molecule has 20 heteroatoms. The first-order chi connectivity index (χ1) is 29.2. The topological polar surface area (TPSA) is 164 Å². The standard InChI is InChI=1S/C41H46F5N9O5S/c42-34-19-29(5-7-31(34)32-8-10-37(56)50-39(32)57)54-15-13-53(14-16-54)23-25-1-3-27(4-2-25)52-61(58,59)30-6-9-36(35(43)20-30)49-40-47-22-33(41(44,45)46)38(51-40)26-21-48-55(24-26)28-11-17-60-18-12-28/h5-7,9,19-22,24-25,27-28,32,52H,1-4,8,10-18,23H2,(H,47,49,51)(H,50,56,57). The highest BCUT2D eigenvalue weighted by Gasteiger charge is 2.37. The van der Waals surface area contributed by atoms with Crippen LogP contribution in [0.1, 0.15) is 74.5 Å². The Hall–Kier alpha value is -5.05. The summed E-state index contributed by atoms with van der Waals surface area (Å²) in [5.41, 5.74) is -0.608. The number of imide groups is 1. The number of carbonyl (C=O) groups excluding carboxylic acids is 2. The SMILES string of the molecule is O=C1CCC(c2ccc(N3CCN(CC4CCC(NS(=O)(=O)c5ccc(Nc6ncc(C(F)(F)F)c(-c7cnn(C8CCOCC8)c7)n6)c(F)c5)CC4)CC3)cc2F)C(=O)N1. The largest absolute Gasteiger partial charge is 0.419 e. The summed E-state index contributed by atoms with van der Waals surface area (Å²) in [7, 11) is -4.11. The first kappa shape index (κ1) is 42.6. The lowest BCUT2D eigenvalue weighted by molar-refractivity contribution is -0.137. The van der Waals surface area contributed by atoms with E-state index in [-0.39, 0.29) is 52.9 Å². The molecule has 5 heterocycles. The molecule has 61 heavy (non-hydrogen) atoms. The predicted molar refractivity (Wildman–Crippen MR) is 213 cm³/mol. The Kier molecular flexibility index (Phi) is 12.4. The number of anilines is 3. The summed E-state index contributed by atoms with van der Waals surface area (Å²) >= 11 is 0. The second-order valence-corrected chi connectivity index (χ2v) is 17.8. The number of nitrogens with one attached hydrogen (secondary N) is 3. The van der Waals surface area contributed by atoms with Crippen LogP contribution in [-0.2, 0) is 30.5 Å². The van der Waals surface area contributed by atoms with Crippen molar-refractivity contribution in [2.75, 3.05) is 56.2 Å². The van der Waals surface area contributed by atoms with Crippen molar-refractivity contribution < 1.29 is 44.7 Å². The highest BCUT2D eigenvalue weighted by Crippen LogP contribution is 2.37. The molecule has 0 bridgehead atoms. The number of ether oxygens (including phenoxy) is 1. The van der Waals surface area contributed by atoms with Crippen molar-refractivity contribution in [3.05, 3.63) is 77.8 Å². The van der Waals surface area contributed by atoms with Crippen LogP contribution in [0.5, 0.6) is 0 Å². The minimum atomic E-state index is -4.78. The van der Waals surface area contributed by atoms with Gasteiger partial charge in [0.25, 0.3) is 0 Å². The summed E-state index contributed by atoms with van der Waals surface area (Å²) in [6.07, 6.45) is 3.20. The van der Waals surface area contributed by atoms with Gasteiger partial charge in [-0.15, -0.1) is 0 Å². The van der Waals surface area contributed by atoms with Crippen LogP contribution in [0.2, 0.25) is 0 Å². The van der Waals surface area contributed by atoms with E-state index >= 15 is 8.78 Å². The van der Waals surface area contributed by atoms with E-state index in [1.54, 1.807) is 10.7 Å². The summed E-state index contributed by atoms with van der Waals surface area (Å²) in [4.78, 5) is 35.8. The van der Waals surface area contributed by atoms with Gasteiger partial charge in [0.1, 0.15) is 17.2 Å². The number of amides is 2. The second kappa shape index (κ2) is 17.7. The maximum Gasteiger partial charge on any atom is 0.419 e. The Morgan fingerprint density at radius 3 is 2.33 bits per heavy atom. The number of nitrogens with zero attached hydrogens (tertiary/aromatic N) is 6. The van der Waals surface area contributed by atoms with Crippen molar-refractivity contribution in [2.24, 2.45) is 5.92 Å². The zero-order valence-electron chi connectivity index (χ0n) is 33.1. The van der Waals surface area contributed by atoms with E-state index in [0.717, 1.165) is 44.2 Å². The normalized spacial score (nSPS) is 22.3. The van der Waals surface area contributed by atoms with Crippen molar-refractivity contribution in [1.82, 2.24) is 34.7 Å². The summed E-state index contributed by atoms with van der Waals surface area (Å²) < 4.78 is 109. The first-order valence-corrected chi connectivity index (χ1v) is 21.9. The smallest absolute Gasteiger partial charge is 0.381 e. The number of aromatic nitrogens is 4. The van der Waals surface area contributed by atoms with Gasteiger partial charge in [-0.3, -0.25) is 24.5 Å². The van der Waals surface area contributed by atoms with Gasteiger partial charge < -0.3 is 15.0 Å². The first-order valence-electron chi connectivity index (χ1n) is 20.5. The molecule has 2 aromatic heterocycles. The van der Waals surface area contributed by atoms with Crippen LogP contribution in [-0.4, -0.2) is 96.9 Å². The van der Waals surface area contributed by atoms with E-state index in [9.17, 15) is 31.2 Å². The van der Waals surface area contributed by atoms with Crippen molar-refractivity contribution in [1.29, 1.82) is 0 Å². The van der Waals surface area contributed by atoms with E-state index < -0.39 is 50.9 Å². The number of sulfonamides is 1. The average molecular weight is 872 g/mol. The molecular weight excluding hydrogens is 826 g/mol. The molecule has 3 aliphatic heterocycles. The maximum atomic E-state index is 15.4. The molecule has 1 atom stereocenters. The van der Waals surface area contributed by atoms with Crippen molar-refractivity contribution >= 4 is 39.2 Å². The minimum Gasteiger partial charge on any atom is -0.381 e. The lowest BCUT2D eigenvalue weighted by Gasteiger charge is -2.39. The van der Waals surface area contributed by atoms with E-state index in [4.69, 9.17) is 4.74 Å². The highest BCUT2D eigenvalue weighted by molar-refractivity contribution is 7.89. The van der Waals surface area contributed by atoms with Crippen LogP contribution in [0, 0.1) is 17.6 Å². The monoisotopic (exact) mass is 871 g/mol. The molecule has 1 aliphatic carbocycles. The fourth-order valence-electron chi connectivity index (χ4n) is 8.65. The fraction of sp³-hybridized carbons (Fsp3) is 0.488. The molecule has 0 spiro atoms. The maximum absolute atomic E-state index is 15.4. The Morgan fingerprint density at radius 2 is 1.64 bits per heavy atom. The van der Waals surface area contributed by atoms with E-state index in [1.165, 1.54) is 30.6 Å². The van der Waals surface area contributed by atoms with Crippen LogP contribution >= 0.6 is 0 Å². The molecule has 2 amide bonds. The zero-order chi connectivity index (χ0) is 42.9. The number of piperidine rings is 1. The van der Waals surface area contributed by atoms with Gasteiger partial charge in [-0.25, -0.2) is 31.9 Å². The molecule has 3 saturated heterocycles. The summed E-state index contributed by atoms with van der Waals surface area (Å²) in [6.45, 7) is 4.81. The third-order valence-electron chi connectivity index (χ3n) is 12.1. The molecule has 14 nitrogen and oxygen atoms in total. The molecule has 1 saturated carbocycles. The van der Waals surface area contributed by atoms with Crippen molar-refractivity contribution in [3.63, 3.8) is 0 Å². The number of carbonyl (C=O) groups is 2. The van der Waals surface area contributed by atoms with Crippen LogP contribution in [0.3, 0.4) is 0 Å². The number of rotatable bonds is 11. The van der Waals surface area contributed by atoms with E-state index in [1.807, 2.05) is 6.07 Å². The van der Waals surface area contributed by atoms with Crippen molar-refractivity contribution in [2.45, 2.75) is 80.4 Å². The second-order valence-electron chi connectivity index (χ2n) is 16.1. The summed E-state index contributed by atoms with van der Waals surface area (Å²) in [6, 6.07) is 7.77. The third-order valence-corrected chi connectivity index (χ3v) is 13.6. The van der Waals surface area contributed by atoms with Gasteiger partial charge in [0.2, 0.25) is 27.8 Å². The summed E-state index contributed by atoms with van der Waals surface area (Å²) in [5.74, 6) is -2.89. The number of halogens is 5. The number of alkyl halides is 3. The number of benzene rings is 2. The van der Waals surface area contributed by atoms with Crippen molar-refractivity contribution in [3.8, 4) is 11.3 Å². The van der Waals surface area contributed by atoms with Gasteiger partial charge in [-0.05, 0) is 81.2 Å². The number of piperazine rings is 1. The Bertz CT molecular complexity index is 2360. The van der Waals surface area contributed by atoms with Crippen LogP contribution in [0.25, 0.3) is 11.3 Å². The molecule has 326 valence electrons. The Labute approximate surface area is 349 Å². The number of hydrogen-bond donors (Lipinski definition) is 3. The van der Waals surface area contributed by atoms with Gasteiger partial charge in [0.05, 0.1) is 34.4 Å². The molecule has 3 N–H and O–H groups in total. The molecular formula is C41H46F5N9O5S. The van der Waals surface area contributed by atoms with Crippen LogP contribution < -0.4 is 20.3 Å². The van der Waals surface area contributed by atoms with Gasteiger partial charge in [-0.2, -0.15) is 18.3 Å². The average Bonchev–Trinajstić information content (AvgIpc) is 3.73. The lowest BCUT2D eigenvalue weighted by atomic mass is 9.86. The fourth-order valence-corrected chi connectivity index (χ4v) is 9.97. The quantitative estimate of drug-likeness (QED) is 0.121. The van der Waals surface area contributed by atoms with Crippen LogP contribution in [0.15, 0.2) is 59.9 Å². The zero-order valence-corrected chi connectivity index (χ0v) is 34.0. The molecule has 1 unspecified atom stereocenters. The molecule has 8 rings (SSSR count). The Balaban J connectivity index is 0.824. The van der Waals surface area contributed by atoms with Gasteiger partial charge in [-0.1, -0.05) is 6.07 Å². The van der Waals surface area contributed by atoms with Crippen LogP contribution in [0.4, 0.5) is 39.3 Å². The minimum absolute atomic E-state index is 0.0344. The molecule has 4 aliphatic rings. The van der Waals surface area contributed by atoms with Gasteiger partial charge >= 0.3 is 6.18 Å². The molecule has 4 aromatic rings. The molecule has 2 aromatic carbocycles. The highest BCUT2D eigenvalue weighted by atomic mass is 32.2. The lowest BCUT2D eigenvalue weighted by Crippen LogP contribution is -2.48. The molecule has 4 fully saturated rings. The number of hydrogen-bond acceptors (Lipinski definition) is 11. The van der Waals surface area contributed by atoms with Gasteiger partial charge in [0.15, 0.2) is 0 Å². The van der Waals surface area contributed by atoms with E-state index in [0.29, 0.717) is 69.7 Å². The van der Waals surface area contributed by atoms with Gasteiger partial charge in [0, 0.05) is 87.6 Å². The summed E-state index contributed by atoms with van der Waals surface area (Å²) in [5, 5.41) is 9.13. The third kappa shape index (κ3) is 9.87. The molecule has 0 radical (unpaired) electrons. The predicted octanol–water partition coefficient (Wildman–Crippen LogP) is 5.91.